The highest BCUT2D eigenvalue weighted by atomic mass is 16.5. The van der Waals surface area contributed by atoms with Crippen LogP contribution in [0.15, 0.2) is 12.2 Å². The fourth-order valence-corrected chi connectivity index (χ4v) is 1.90. The molecule has 0 heterocycles. The van der Waals surface area contributed by atoms with E-state index in [1.807, 2.05) is 0 Å². The van der Waals surface area contributed by atoms with Crippen LogP contribution < -0.4 is 0 Å². The average Bonchev–Trinajstić information content (AvgIpc) is 2.35. The molecule has 0 N–H and O–H groups in total. The Kier molecular flexibility index (Phi) is 6.11. The van der Waals surface area contributed by atoms with Crippen LogP contribution in [-0.4, -0.2) is 50.8 Å². The second-order valence-electron chi connectivity index (χ2n) is 3.97. The predicted octanol–water partition coefficient (Wildman–Crippen LogP) is 1.22. The van der Waals surface area contributed by atoms with Crippen molar-refractivity contribution in [2.75, 3.05) is 33.9 Å². The lowest BCUT2D eigenvalue weighted by Gasteiger charge is -2.30. The van der Waals surface area contributed by atoms with Crippen LogP contribution in [0.5, 0.6) is 0 Å². The number of ether oxygens (including phenoxy) is 2. The molecule has 0 aliphatic heterocycles. The van der Waals surface area contributed by atoms with E-state index >= 15 is 0 Å². The summed E-state index contributed by atoms with van der Waals surface area (Å²) in [6.45, 7) is 1.75. The lowest BCUT2D eigenvalue weighted by atomic mass is 10.0. The molecule has 0 amide bonds. The third kappa shape index (κ3) is 4.33. The van der Waals surface area contributed by atoms with Crippen molar-refractivity contribution in [1.82, 2.24) is 4.90 Å². The molecular formula is C12H21NO3. The van der Waals surface area contributed by atoms with Crippen LogP contribution in [0.4, 0.5) is 0 Å². The summed E-state index contributed by atoms with van der Waals surface area (Å²) >= 11 is 0. The zero-order valence-electron chi connectivity index (χ0n) is 10.1. The Labute approximate surface area is 97.2 Å². The van der Waals surface area contributed by atoms with E-state index in [1.54, 1.807) is 7.11 Å². The summed E-state index contributed by atoms with van der Waals surface area (Å²) in [6.07, 6.45) is 7.81. The maximum atomic E-state index is 11.3. The summed E-state index contributed by atoms with van der Waals surface area (Å²) in [4.78, 5) is 13.4. The summed E-state index contributed by atoms with van der Waals surface area (Å²) in [6, 6.07) is 0.350. The molecule has 0 saturated heterocycles. The Morgan fingerprint density at radius 2 is 2.31 bits per heavy atom. The average molecular weight is 227 g/mol. The van der Waals surface area contributed by atoms with Gasteiger partial charge >= 0.3 is 5.97 Å². The number of hydrogen-bond acceptors (Lipinski definition) is 4. The van der Waals surface area contributed by atoms with Crippen LogP contribution in [0.2, 0.25) is 0 Å². The van der Waals surface area contributed by atoms with Crippen LogP contribution >= 0.6 is 0 Å². The van der Waals surface area contributed by atoms with Gasteiger partial charge in [-0.2, -0.15) is 0 Å². The Bertz CT molecular complexity index is 240. The first-order chi connectivity index (χ1) is 7.77. The van der Waals surface area contributed by atoms with Crippen LogP contribution in [0, 0.1) is 0 Å². The number of hydrogen-bond donors (Lipinski definition) is 0. The molecule has 1 atom stereocenters. The molecule has 0 saturated carbocycles. The summed E-state index contributed by atoms with van der Waals surface area (Å²) in [7, 11) is 3.10. The number of allylic oxidation sites excluding steroid dienone is 1. The van der Waals surface area contributed by atoms with Crippen molar-refractivity contribution in [3.8, 4) is 0 Å². The van der Waals surface area contributed by atoms with Crippen LogP contribution in [-0.2, 0) is 14.3 Å². The van der Waals surface area contributed by atoms with Crippen LogP contribution in [0.1, 0.15) is 19.3 Å². The zero-order chi connectivity index (χ0) is 11.8. The largest absolute Gasteiger partial charge is 0.468 e. The predicted molar refractivity (Wildman–Crippen MR) is 62.2 cm³/mol. The SMILES string of the molecule is COCCN(CC(=O)OC)C1C=CCCC1. The number of rotatable bonds is 6. The molecule has 0 fully saturated rings. The fourth-order valence-electron chi connectivity index (χ4n) is 1.90. The third-order valence-electron chi connectivity index (χ3n) is 2.84. The van der Waals surface area contributed by atoms with E-state index in [0.717, 1.165) is 19.4 Å². The second-order valence-corrected chi connectivity index (χ2v) is 3.97. The van der Waals surface area contributed by atoms with Gasteiger partial charge in [0, 0.05) is 19.7 Å². The molecular weight excluding hydrogens is 206 g/mol. The first-order valence-electron chi connectivity index (χ1n) is 5.74. The molecule has 1 aliphatic carbocycles. The van der Waals surface area contributed by atoms with Crippen molar-refractivity contribution in [2.45, 2.75) is 25.3 Å². The van der Waals surface area contributed by atoms with Gasteiger partial charge in [-0.25, -0.2) is 0 Å². The molecule has 16 heavy (non-hydrogen) atoms. The monoisotopic (exact) mass is 227 g/mol. The minimum absolute atomic E-state index is 0.185. The normalized spacial score (nSPS) is 20.1. The Morgan fingerprint density at radius 3 is 2.88 bits per heavy atom. The Morgan fingerprint density at radius 1 is 1.50 bits per heavy atom. The summed E-state index contributed by atoms with van der Waals surface area (Å²) < 4.78 is 9.77. The van der Waals surface area contributed by atoms with Crippen molar-refractivity contribution in [1.29, 1.82) is 0 Å². The van der Waals surface area contributed by atoms with Crippen molar-refractivity contribution >= 4 is 5.97 Å². The summed E-state index contributed by atoms with van der Waals surface area (Å²) in [5.41, 5.74) is 0. The van der Waals surface area contributed by atoms with Gasteiger partial charge in [0.05, 0.1) is 20.3 Å². The van der Waals surface area contributed by atoms with E-state index < -0.39 is 0 Å². The van der Waals surface area contributed by atoms with E-state index in [4.69, 9.17) is 9.47 Å². The fraction of sp³-hybridized carbons (Fsp3) is 0.750. The molecule has 92 valence electrons. The number of esters is 1. The highest BCUT2D eigenvalue weighted by Crippen LogP contribution is 2.16. The third-order valence-corrected chi connectivity index (χ3v) is 2.84. The van der Waals surface area contributed by atoms with Gasteiger partial charge in [0.1, 0.15) is 0 Å². The molecule has 1 unspecified atom stereocenters. The smallest absolute Gasteiger partial charge is 0.319 e. The van der Waals surface area contributed by atoms with E-state index in [0.29, 0.717) is 19.2 Å². The van der Waals surface area contributed by atoms with E-state index in [2.05, 4.69) is 17.1 Å². The van der Waals surface area contributed by atoms with Gasteiger partial charge in [0.15, 0.2) is 0 Å². The Balaban J connectivity index is 2.50. The van der Waals surface area contributed by atoms with E-state index in [-0.39, 0.29) is 5.97 Å². The second kappa shape index (κ2) is 7.41. The minimum Gasteiger partial charge on any atom is -0.468 e. The lowest BCUT2D eigenvalue weighted by molar-refractivity contribution is -0.142. The number of nitrogens with zero attached hydrogens (tertiary/aromatic N) is 1. The van der Waals surface area contributed by atoms with Gasteiger partial charge in [-0.05, 0) is 19.3 Å². The maximum absolute atomic E-state index is 11.3. The maximum Gasteiger partial charge on any atom is 0.319 e. The summed E-state index contributed by atoms with van der Waals surface area (Å²) in [5, 5.41) is 0. The highest BCUT2D eigenvalue weighted by Gasteiger charge is 2.20. The number of methoxy groups -OCH3 is 2. The van der Waals surface area contributed by atoms with Gasteiger partial charge in [-0.1, -0.05) is 12.2 Å². The molecule has 4 heteroatoms. The molecule has 0 spiro atoms. The van der Waals surface area contributed by atoms with Crippen LogP contribution in [0.25, 0.3) is 0 Å². The van der Waals surface area contributed by atoms with E-state index in [1.165, 1.54) is 13.5 Å². The molecule has 4 nitrogen and oxygen atoms in total. The molecule has 1 aliphatic rings. The number of carbonyl (C=O) groups is 1. The Hall–Kier alpha value is -0.870. The quantitative estimate of drug-likeness (QED) is 0.505. The van der Waals surface area contributed by atoms with Crippen LogP contribution in [0.3, 0.4) is 0 Å². The first kappa shape index (κ1) is 13.2. The molecule has 0 aromatic heterocycles. The van der Waals surface area contributed by atoms with Crippen molar-refractivity contribution in [3.63, 3.8) is 0 Å². The minimum atomic E-state index is -0.185. The first-order valence-corrected chi connectivity index (χ1v) is 5.74. The topological polar surface area (TPSA) is 38.8 Å². The van der Waals surface area contributed by atoms with E-state index in [9.17, 15) is 4.79 Å². The highest BCUT2D eigenvalue weighted by molar-refractivity contribution is 5.71. The van der Waals surface area contributed by atoms with Crippen molar-refractivity contribution < 1.29 is 14.3 Å². The van der Waals surface area contributed by atoms with Crippen molar-refractivity contribution in [3.05, 3.63) is 12.2 Å². The molecule has 0 radical (unpaired) electrons. The van der Waals surface area contributed by atoms with Gasteiger partial charge < -0.3 is 9.47 Å². The standard InChI is InChI=1S/C12H21NO3/c1-15-9-8-13(10-12(14)16-2)11-6-4-3-5-7-11/h4,6,11H,3,5,7-10H2,1-2H3. The van der Waals surface area contributed by atoms with Crippen molar-refractivity contribution in [2.24, 2.45) is 0 Å². The zero-order valence-corrected chi connectivity index (χ0v) is 10.1. The molecule has 1 rings (SSSR count). The van der Waals surface area contributed by atoms with Gasteiger partial charge in [0.25, 0.3) is 0 Å². The number of carbonyl (C=O) groups excluding carboxylic acids is 1. The summed E-state index contributed by atoms with van der Waals surface area (Å²) in [5.74, 6) is -0.185. The van der Waals surface area contributed by atoms with Gasteiger partial charge in [-0.15, -0.1) is 0 Å². The lowest BCUT2D eigenvalue weighted by Crippen LogP contribution is -2.41. The van der Waals surface area contributed by atoms with Gasteiger partial charge in [-0.3, -0.25) is 9.69 Å². The van der Waals surface area contributed by atoms with Gasteiger partial charge in [0.2, 0.25) is 0 Å². The molecule has 0 aromatic rings. The molecule has 0 bridgehead atoms. The molecule has 0 aromatic carbocycles.